The lowest BCUT2D eigenvalue weighted by molar-refractivity contribution is -0.142. The van der Waals surface area contributed by atoms with Crippen molar-refractivity contribution in [1.29, 1.82) is 0 Å². The number of aromatic nitrogens is 2. The fourth-order valence-corrected chi connectivity index (χ4v) is 2.23. The van der Waals surface area contributed by atoms with Crippen LogP contribution in [0.15, 0.2) is 30.5 Å². The number of benzene rings is 1. The van der Waals surface area contributed by atoms with Gasteiger partial charge in [0.25, 0.3) is 0 Å². The molecule has 0 aliphatic rings. The molecule has 0 saturated carbocycles. The van der Waals surface area contributed by atoms with Crippen molar-refractivity contribution in [2.45, 2.75) is 33.5 Å². The van der Waals surface area contributed by atoms with Crippen LogP contribution in [-0.2, 0) is 11.3 Å². The van der Waals surface area contributed by atoms with E-state index in [9.17, 15) is 22.8 Å². The van der Waals surface area contributed by atoms with E-state index in [4.69, 9.17) is 5.73 Å². The third-order valence-corrected chi connectivity index (χ3v) is 3.56. The highest BCUT2D eigenvalue weighted by molar-refractivity contribution is 6.03. The van der Waals surface area contributed by atoms with Crippen LogP contribution in [0, 0.1) is 5.41 Å². The molecule has 2 amide bonds. The molecule has 140 valence electrons. The number of anilines is 1. The van der Waals surface area contributed by atoms with Gasteiger partial charge in [0, 0.05) is 16.5 Å². The van der Waals surface area contributed by atoms with E-state index < -0.39 is 30.0 Å². The number of alkyl halides is 3. The zero-order chi connectivity index (χ0) is 19.7. The molecular formula is C17H19F3N4O2. The average molecular weight is 368 g/mol. The highest BCUT2D eigenvalue weighted by Crippen LogP contribution is 2.33. The first-order chi connectivity index (χ1) is 11.9. The van der Waals surface area contributed by atoms with Crippen molar-refractivity contribution in [1.82, 2.24) is 9.78 Å². The van der Waals surface area contributed by atoms with Gasteiger partial charge in [-0.3, -0.25) is 9.59 Å². The molecule has 9 heteroatoms. The van der Waals surface area contributed by atoms with Crippen LogP contribution >= 0.6 is 0 Å². The van der Waals surface area contributed by atoms with E-state index in [-0.39, 0.29) is 22.5 Å². The minimum absolute atomic E-state index is 0.116. The monoisotopic (exact) mass is 368 g/mol. The predicted molar refractivity (Wildman–Crippen MR) is 90.3 cm³/mol. The quantitative estimate of drug-likeness (QED) is 0.868. The number of nitrogens with zero attached hydrogens (tertiary/aromatic N) is 2. The number of primary amides is 1. The van der Waals surface area contributed by atoms with Gasteiger partial charge in [0.1, 0.15) is 12.4 Å². The van der Waals surface area contributed by atoms with Gasteiger partial charge in [0.2, 0.25) is 11.8 Å². The first-order valence-electron chi connectivity index (χ1n) is 7.73. The molecule has 0 bridgehead atoms. The van der Waals surface area contributed by atoms with E-state index >= 15 is 0 Å². The second-order valence-electron chi connectivity index (χ2n) is 6.79. The second-order valence-corrected chi connectivity index (χ2v) is 6.79. The fourth-order valence-electron chi connectivity index (χ4n) is 2.23. The van der Waals surface area contributed by atoms with Gasteiger partial charge in [-0.2, -0.15) is 18.3 Å². The third kappa shape index (κ3) is 4.41. The standard InChI is InChI=1S/C17H19F3N4O2/c1-16(2,3)15(26)23-14-12(8-22-24(14)9-17(18,19)20)10-6-4-5-7-11(10)13(21)25/h4-8H,9H2,1-3H3,(H2,21,25)(H,23,26). The van der Waals surface area contributed by atoms with Gasteiger partial charge >= 0.3 is 6.18 Å². The van der Waals surface area contributed by atoms with Gasteiger partial charge in [-0.05, 0) is 11.6 Å². The van der Waals surface area contributed by atoms with Crippen molar-refractivity contribution in [3.63, 3.8) is 0 Å². The van der Waals surface area contributed by atoms with Crippen LogP contribution in [-0.4, -0.2) is 27.8 Å². The number of carbonyl (C=O) groups is 2. The number of nitrogens with two attached hydrogens (primary N) is 1. The zero-order valence-electron chi connectivity index (χ0n) is 14.5. The van der Waals surface area contributed by atoms with Gasteiger partial charge in [-0.15, -0.1) is 0 Å². The molecule has 6 nitrogen and oxygen atoms in total. The maximum atomic E-state index is 12.9. The van der Waals surface area contributed by atoms with E-state index in [1.807, 2.05) is 0 Å². The summed E-state index contributed by atoms with van der Waals surface area (Å²) < 4.78 is 39.2. The molecule has 0 atom stereocenters. The number of nitrogens with one attached hydrogen (secondary N) is 1. The van der Waals surface area contributed by atoms with Crippen molar-refractivity contribution >= 4 is 17.6 Å². The Kier molecular flexibility index (Phi) is 5.11. The third-order valence-electron chi connectivity index (χ3n) is 3.56. The van der Waals surface area contributed by atoms with E-state index in [0.29, 0.717) is 4.68 Å². The van der Waals surface area contributed by atoms with Crippen LogP contribution in [0.2, 0.25) is 0 Å². The molecule has 0 aliphatic carbocycles. The smallest absolute Gasteiger partial charge is 0.366 e. The molecule has 0 radical (unpaired) electrons. The molecule has 0 fully saturated rings. The maximum absolute atomic E-state index is 12.9. The second kappa shape index (κ2) is 6.81. The van der Waals surface area contributed by atoms with Gasteiger partial charge in [0.05, 0.1) is 6.20 Å². The number of hydrogen-bond acceptors (Lipinski definition) is 3. The van der Waals surface area contributed by atoms with E-state index in [1.165, 1.54) is 18.3 Å². The van der Waals surface area contributed by atoms with Crippen molar-refractivity contribution < 1.29 is 22.8 Å². The Morgan fingerprint density at radius 1 is 1.15 bits per heavy atom. The lowest BCUT2D eigenvalue weighted by atomic mass is 9.95. The van der Waals surface area contributed by atoms with Crippen molar-refractivity contribution in [2.24, 2.45) is 11.1 Å². The Morgan fingerprint density at radius 2 is 1.77 bits per heavy atom. The predicted octanol–water partition coefficient (Wildman–Crippen LogP) is 3.20. The molecule has 1 aromatic heterocycles. The first kappa shape index (κ1) is 19.5. The van der Waals surface area contributed by atoms with Crippen LogP contribution in [0.25, 0.3) is 11.1 Å². The summed E-state index contributed by atoms with van der Waals surface area (Å²) in [4.78, 5) is 24.0. The molecule has 26 heavy (non-hydrogen) atoms. The van der Waals surface area contributed by atoms with Crippen LogP contribution in [0.3, 0.4) is 0 Å². The lowest BCUT2D eigenvalue weighted by Crippen LogP contribution is -2.30. The minimum Gasteiger partial charge on any atom is -0.366 e. The summed E-state index contributed by atoms with van der Waals surface area (Å²) in [6.07, 6.45) is -3.36. The van der Waals surface area contributed by atoms with E-state index in [1.54, 1.807) is 32.9 Å². The SMILES string of the molecule is CC(C)(C)C(=O)Nc1c(-c2ccccc2C(N)=O)cnn1CC(F)(F)F. The molecule has 1 heterocycles. The number of carbonyl (C=O) groups excluding carboxylic acids is 2. The summed E-state index contributed by atoms with van der Waals surface area (Å²) in [6, 6.07) is 6.17. The molecule has 0 spiro atoms. The Bertz CT molecular complexity index is 835. The van der Waals surface area contributed by atoms with E-state index in [0.717, 1.165) is 0 Å². The molecule has 0 aliphatic heterocycles. The Hall–Kier alpha value is -2.84. The summed E-state index contributed by atoms with van der Waals surface area (Å²) in [7, 11) is 0. The molecule has 1 aromatic carbocycles. The van der Waals surface area contributed by atoms with Gasteiger partial charge in [-0.25, -0.2) is 4.68 Å². The zero-order valence-corrected chi connectivity index (χ0v) is 14.5. The van der Waals surface area contributed by atoms with Crippen LogP contribution in [0.4, 0.5) is 19.0 Å². The van der Waals surface area contributed by atoms with Gasteiger partial charge in [-0.1, -0.05) is 39.0 Å². The number of rotatable bonds is 4. The first-order valence-corrected chi connectivity index (χ1v) is 7.73. The van der Waals surface area contributed by atoms with Gasteiger partial charge < -0.3 is 11.1 Å². The fraction of sp³-hybridized carbons (Fsp3) is 0.353. The largest absolute Gasteiger partial charge is 0.408 e. The molecule has 2 rings (SSSR count). The highest BCUT2D eigenvalue weighted by atomic mass is 19.4. The Labute approximate surface area is 148 Å². The van der Waals surface area contributed by atoms with Crippen molar-refractivity contribution in [3.05, 3.63) is 36.0 Å². The molecule has 0 saturated heterocycles. The van der Waals surface area contributed by atoms with Crippen LogP contribution < -0.4 is 11.1 Å². The molecule has 0 unspecified atom stereocenters. The topological polar surface area (TPSA) is 90.0 Å². The normalized spacial score (nSPS) is 12.1. The van der Waals surface area contributed by atoms with Crippen LogP contribution in [0.1, 0.15) is 31.1 Å². The summed E-state index contributed by atoms with van der Waals surface area (Å²) in [5, 5.41) is 6.24. The summed E-state index contributed by atoms with van der Waals surface area (Å²) in [5.74, 6) is -1.37. The maximum Gasteiger partial charge on any atom is 0.408 e. The Balaban J connectivity index is 2.60. The Morgan fingerprint density at radius 3 is 2.31 bits per heavy atom. The number of halogens is 3. The lowest BCUT2D eigenvalue weighted by Gasteiger charge is -2.20. The van der Waals surface area contributed by atoms with Crippen LogP contribution in [0.5, 0.6) is 0 Å². The number of hydrogen-bond donors (Lipinski definition) is 2. The summed E-state index contributed by atoms with van der Waals surface area (Å²) in [6.45, 7) is 3.50. The molecular weight excluding hydrogens is 349 g/mol. The molecule has 3 N–H and O–H groups in total. The molecule has 2 aromatic rings. The van der Waals surface area contributed by atoms with Crippen molar-refractivity contribution in [2.75, 3.05) is 5.32 Å². The van der Waals surface area contributed by atoms with Crippen molar-refractivity contribution in [3.8, 4) is 11.1 Å². The van der Waals surface area contributed by atoms with Gasteiger partial charge in [0.15, 0.2) is 0 Å². The van der Waals surface area contributed by atoms with E-state index in [2.05, 4.69) is 10.4 Å². The number of amides is 2. The summed E-state index contributed by atoms with van der Waals surface area (Å²) >= 11 is 0. The highest BCUT2D eigenvalue weighted by Gasteiger charge is 2.32. The summed E-state index contributed by atoms with van der Waals surface area (Å²) in [5.41, 5.74) is 5.10. The average Bonchev–Trinajstić information content (AvgIpc) is 2.87. The minimum atomic E-state index is -4.53.